The number of hydrogen-bond donors (Lipinski definition) is 2. The Balaban J connectivity index is 1.47. The molecule has 6 aromatic rings. The molecular weight excluding hydrogens is 729 g/mol. The molecule has 8 bridgehead atoms. The predicted octanol–water partition coefficient (Wildman–Crippen LogP) is 10.5. The Labute approximate surface area is 339 Å². The first-order valence-electron chi connectivity index (χ1n) is 19.1. The summed E-state index contributed by atoms with van der Waals surface area (Å²) in [4.78, 5) is 18.1. The molecule has 0 amide bonds. The Morgan fingerprint density at radius 3 is 1.03 bits per heavy atom. The number of fused-ring (bicyclic) bond motifs is 11. The van der Waals surface area contributed by atoms with Crippen LogP contribution in [-0.4, -0.2) is 31.1 Å². The molecule has 0 aliphatic carbocycles. The zero-order chi connectivity index (χ0) is 40.1. The van der Waals surface area contributed by atoms with Gasteiger partial charge < -0.3 is 14.7 Å². The molecule has 10 rings (SSSR count). The first-order valence-corrected chi connectivity index (χ1v) is 19.1. The lowest BCUT2D eigenvalue weighted by Gasteiger charge is -2.21. The number of aromatic nitrogens is 4. The third-order valence-corrected chi connectivity index (χ3v) is 11.4. The standard InChI is InChI=1S/C50H30N8O/c51-27-49(28-52)45-46(50(29-53,30-54)59-49)48-44(34-19-11-4-12-20-34)40-26-24-38(57-40)42(32-15-7-2-8-16-32)36-22-21-35(55-36)41(31-13-5-1-6-14-31)37-23-25-39(56-37)43(47(45)58-48)33-17-9-3-10-18-33/h1-26,45-46,55,58H. The van der Waals surface area contributed by atoms with Crippen LogP contribution in [0.5, 0.6) is 0 Å². The number of benzene rings is 4. The zero-order valence-corrected chi connectivity index (χ0v) is 31.3. The van der Waals surface area contributed by atoms with E-state index in [9.17, 15) is 21.0 Å². The van der Waals surface area contributed by atoms with E-state index in [1.807, 2.05) is 146 Å². The fourth-order valence-electron chi connectivity index (χ4n) is 8.90. The molecule has 2 aromatic heterocycles. The summed E-state index contributed by atoms with van der Waals surface area (Å²) in [6.07, 6.45) is 7.78. The summed E-state index contributed by atoms with van der Waals surface area (Å²) in [7, 11) is 0. The van der Waals surface area contributed by atoms with Crippen molar-refractivity contribution >= 4 is 35.3 Å². The molecule has 1 fully saturated rings. The van der Waals surface area contributed by atoms with Gasteiger partial charge in [0.25, 0.3) is 11.2 Å². The normalized spacial score (nSPS) is 17.2. The topological polar surface area (TPSA) is 162 Å². The lowest BCUT2D eigenvalue weighted by atomic mass is 9.72. The van der Waals surface area contributed by atoms with Crippen molar-refractivity contribution in [2.24, 2.45) is 0 Å². The summed E-state index contributed by atoms with van der Waals surface area (Å²) in [6.45, 7) is 0. The Morgan fingerprint density at radius 2 is 0.712 bits per heavy atom. The summed E-state index contributed by atoms with van der Waals surface area (Å²) in [6, 6.07) is 51.9. The van der Waals surface area contributed by atoms with E-state index in [2.05, 4.69) is 46.4 Å². The minimum Gasteiger partial charge on any atom is -0.360 e. The minimum absolute atomic E-state index is 0.434. The fourth-order valence-corrected chi connectivity index (χ4v) is 8.90. The second kappa shape index (κ2) is 13.7. The Hall–Kier alpha value is -8.34. The first kappa shape index (κ1) is 35.1. The molecule has 4 aliphatic rings. The number of ether oxygens (including phenoxy) is 1. The van der Waals surface area contributed by atoms with Gasteiger partial charge in [-0.15, -0.1) is 0 Å². The highest BCUT2D eigenvalue weighted by Gasteiger charge is 2.69. The summed E-state index contributed by atoms with van der Waals surface area (Å²) in [5, 5.41) is 43.7. The van der Waals surface area contributed by atoms with Crippen molar-refractivity contribution in [3.63, 3.8) is 0 Å². The fraction of sp³-hybridized carbons (Fsp3) is 0.0800. The quantitative estimate of drug-likeness (QED) is 0.180. The molecule has 0 saturated carbocycles. The maximum absolute atomic E-state index is 10.9. The Morgan fingerprint density at radius 1 is 0.407 bits per heavy atom. The van der Waals surface area contributed by atoms with Crippen molar-refractivity contribution in [1.82, 2.24) is 19.9 Å². The summed E-state index contributed by atoms with van der Waals surface area (Å²) < 4.78 is 6.25. The van der Waals surface area contributed by atoms with Crippen molar-refractivity contribution in [2.45, 2.75) is 23.0 Å². The molecule has 0 spiro atoms. The molecule has 276 valence electrons. The number of H-pyrrole nitrogens is 2. The van der Waals surface area contributed by atoms with Gasteiger partial charge in [0.05, 0.1) is 34.6 Å². The molecule has 2 N–H and O–H groups in total. The number of nitrogens with one attached hydrogen (secondary N) is 2. The van der Waals surface area contributed by atoms with Crippen molar-refractivity contribution in [3.05, 3.63) is 168 Å². The number of rotatable bonds is 4. The van der Waals surface area contributed by atoms with Crippen molar-refractivity contribution in [2.75, 3.05) is 0 Å². The lowest BCUT2D eigenvalue weighted by Crippen LogP contribution is -2.35. The van der Waals surface area contributed by atoms with Crippen LogP contribution in [0.2, 0.25) is 0 Å². The molecular formula is C50H30N8O. The molecule has 2 unspecified atom stereocenters. The van der Waals surface area contributed by atoms with E-state index in [0.717, 1.165) is 44.4 Å². The molecule has 2 atom stereocenters. The van der Waals surface area contributed by atoms with Crippen molar-refractivity contribution in [3.8, 4) is 68.8 Å². The van der Waals surface area contributed by atoms with E-state index >= 15 is 0 Å². The van der Waals surface area contributed by atoms with E-state index in [-0.39, 0.29) is 0 Å². The average Bonchev–Trinajstić information content (AvgIpc) is 4.15. The SMILES string of the molecule is N#CC1(C#N)OC(C#N)(C#N)C2c3[nH]c(c(-c4ccccc4)c4nc(c(-c5ccccc5)c5ccc([nH]5)c(-c5ccccc5)c5nc(c3-c3ccccc3)C=C5)C=C4)C21. The van der Waals surface area contributed by atoms with Gasteiger partial charge in [-0.3, -0.25) is 0 Å². The van der Waals surface area contributed by atoms with Gasteiger partial charge in [0, 0.05) is 44.7 Å². The van der Waals surface area contributed by atoms with E-state index in [1.54, 1.807) is 0 Å². The van der Waals surface area contributed by atoms with Crippen LogP contribution in [0.25, 0.3) is 79.8 Å². The molecule has 4 aromatic carbocycles. The van der Waals surface area contributed by atoms with E-state index in [0.29, 0.717) is 45.3 Å². The second-order valence-electron chi connectivity index (χ2n) is 14.6. The van der Waals surface area contributed by atoms with Crippen LogP contribution in [0.4, 0.5) is 0 Å². The van der Waals surface area contributed by atoms with Gasteiger partial charge in [0.1, 0.15) is 24.3 Å². The van der Waals surface area contributed by atoms with Gasteiger partial charge in [-0.1, -0.05) is 121 Å². The average molecular weight is 759 g/mol. The van der Waals surface area contributed by atoms with Crippen molar-refractivity contribution in [1.29, 1.82) is 21.0 Å². The maximum atomic E-state index is 10.9. The van der Waals surface area contributed by atoms with Gasteiger partial charge in [-0.2, -0.15) is 21.0 Å². The van der Waals surface area contributed by atoms with Gasteiger partial charge in [0.15, 0.2) is 0 Å². The minimum atomic E-state index is -2.24. The monoisotopic (exact) mass is 758 g/mol. The Bertz CT molecular complexity index is 2900. The molecule has 1 saturated heterocycles. The highest BCUT2D eigenvalue weighted by atomic mass is 16.5. The van der Waals surface area contributed by atoms with Crippen molar-refractivity contribution < 1.29 is 4.74 Å². The molecule has 9 nitrogen and oxygen atoms in total. The van der Waals surface area contributed by atoms with Crippen LogP contribution in [0.1, 0.15) is 46.0 Å². The van der Waals surface area contributed by atoms with Crippen LogP contribution >= 0.6 is 0 Å². The highest BCUT2D eigenvalue weighted by Crippen LogP contribution is 2.61. The summed E-state index contributed by atoms with van der Waals surface area (Å²) in [5.74, 6) is -2.25. The molecule has 0 radical (unpaired) electrons. The molecule has 9 heteroatoms. The van der Waals surface area contributed by atoms with E-state index in [1.165, 1.54) is 0 Å². The van der Waals surface area contributed by atoms with E-state index < -0.39 is 23.0 Å². The molecule has 59 heavy (non-hydrogen) atoms. The number of nitriles is 4. The smallest absolute Gasteiger partial charge is 0.252 e. The lowest BCUT2D eigenvalue weighted by molar-refractivity contribution is 0.0127. The molecule has 6 heterocycles. The van der Waals surface area contributed by atoms with Gasteiger partial charge in [0.2, 0.25) is 0 Å². The highest BCUT2D eigenvalue weighted by molar-refractivity contribution is 5.97. The van der Waals surface area contributed by atoms with Crippen LogP contribution in [0.15, 0.2) is 133 Å². The van der Waals surface area contributed by atoms with Gasteiger partial charge >= 0.3 is 0 Å². The number of nitrogens with zero attached hydrogens (tertiary/aromatic N) is 6. The second-order valence-corrected chi connectivity index (χ2v) is 14.6. The van der Waals surface area contributed by atoms with Crippen LogP contribution in [0.3, 0.4) is 0 Å². The predicted molar refractivity (Wildman–Crippen MR) is 226 cm³/mol. The largest absolute Gasteiger partial charge is 0.360 e. The number of hydrogen-bond acceptors (Lipinski definition) is 7. The van der Waals surface area contributed by atoms with Crippen LogP contribution < -0.4 is 0 Å². The molecule has 4 aliphatic heterocycles. The maximum Gasteiger partial charge on any atom is 0.252 e. The Kier molecular flexibility index (Phi) is 8.15. The van der Waals surface area contributed by atoms with Crippen LogP contribution in [0, 0.1) is 45.3 Å². The van der Waals surface area contributed by atoms with Gasteiger partial charge in [-0.25, -0.2) is 9.97 Å². The van der Waals surface area contributed by atoms with E-state index in [4.69, 9.17) is 14.7 Å². The summed E-state index contributed by atoms with van der Waals surface area (Å²) in [5.41, 5.74) is 6.87. The van der Waals surface area contributed by atoms with Gasteiger partial charge in [-0.05, 0) is 58.7 Å². The third kappa shape index (κ3) is 5.39. The summed E-state index contributed by atoms with van der Waals surface area (Å²) >= 11 is 0. The third-order valence-electron chi connectivity index (χ3n) is 11.4. The van der Waals surface area contributed by atoms with Crippen LogP contribution in [-0.2, 0) is 4.74 Å². The first-order chi connectivity index (χ1) is 29.0. The zero-order valence-electron chi connectivity index (χ0n) is 31.3. The number of aromatic amines is 2.